The zero-order chi connectivity index (χ0) is 12.8. The van der Waals surface area contributed by atoms with Crippen molar-refractivity contribution in [2.45, 2.75) is 19.4 Å². The molecule has 1 aromatic rings. The minimum Gasteiger partial charge on any atom is -0.399 e. The van der Waals surface area contributed by atoms with Gasteiger partial charge in [-0.2, -0.15) is 0 Å². The standard InChI is InChI=1S/C11H17N3O2S/c1-8(4-6-17(2)16)14-11(15)10-7-9(12)3-5-13-10/h3,5,7-8H,4,6H2,1-2H3,(H2,12,13)(H,14,15). The first-order valence-corrected chi connectivity index (χ1v) is 7.04. The number of aromatic nitrogens is 1. The first-order valence-electron chi connectivity index (χ1n) is 5.31. The van der Waals surface area contributed by atoms with Crippen LogP contribution in [0.5, 0.6) is 0 Å². The van der Waals surface area contributed by atoms with E-state index in [9.17, 15) is 9.00 Å². The number of pyridine rings is 1. The van der Waals surface area contributed by atoms with Crippen LogP contribution in [0.4, 0.5) is 5.69 Å². The lowest BCUT2D eigenvalue weighted by Crippen LogP contribution is -2.34. The predicted molar refractivity (Wildman–Crippen MR) is 69.1 cm³/mol. The number of amides is 1. The van der Waals surface area contributed by atoms with E-state index in [0.29, 0.717) is 23.6 Å². The highest BCUT2D eigenvalue weighted by molar-refractivity contribution is 7.84. The van der Waals surface area contributed by atoms with Gasteiger partial charge >= 0.3 is 0 Å². The summed E-state index contributed by atoms with van der Waals surface area (Å²) < 4.78 is 10.9. The summed E-state index contributed by atoms with van der Waals surface area (Å²) in [6.07, 6.45) is 3.82. The molecule has 1 rings (SSSR count). The van der Waals surface area contributed by atoms with Crippen LogP contribution in [0.15, 0.2) is 18.3 Å². The number of carbonyl (C=O) groups is 1. The van der Waals surface area contributed by atoms with Gasteiger partial charge in [-0.3, -0.25) is 14.0 Å². The molecule has 0 spiro atoms. The van der Waals surface area contributed by atoms with Gasteiger partial charge < -0.3 is 11.1 Å². The van der Waals surface area contributed by atoms with Crippen molar-refractivity contribution in [3.8, 4) is 0 Å². The molecule has 0 radical (unpaired) electrons. The molecule has 1 amide bonds. The molecule has 17 heavy (non-hydrogen) atoms. The zero-order valence-electron chi connectivity index (χ0n) is 9.97. The van der Waals surface area contributed by atoms with Crippen LogP contribution >= 0.6 is 0 Å². The molecule has 0 bridgehead atoms. The Hall–Kier alpha value is -1.43. The number of anilines is 1. The monoisotopic (exact) mass is 255 g/mol. The van der Waals surface area contributed by atoms with Crippen molar-refractivity contribution < 1.29 is 9.00 Å². The lowest BCUT2D eigenvalue weighted by atomic mass is 10.2. The van der Waals surface area contributed by atoms with E-state index in [1.54, 1.807) is 12.3 Å². The van der Waals surface area contributed by atoms with Gasteiger partial charge in [0.15, 0.2) is 0 Å². The van der Waals surface area contributed by atoms with Crippen molar-refractivity contribution >= 4 is 22.4 Å². The second-order valence-electron chi connectivity index (χ2n) is 3.91. The molecule has 2 atom stereocenters. The Morgan fingerprint density at radius 3 is 2.94 bits per heavy atom. The Kier molecular flexibility index (Phi) is 5.09. The van der Waals surface area contributed by atoms with Crippen molar-refractivity contribution in [1.82, 2.24) is 10.3 Å². The highest BCUT2D eigenvalue weighted by atomic mass is 32.2. The van der Waals surface area contributed by atoms with Crippen molar-refractivity contribution in [2.75, 3.05) is 17.7 Å². The van der Waals surface area contributed by atoms with Crippen molar-refractivity contribution in [2.24, 2.45) is 0 Å². The average Bonchev–Trinajstić information content (AvgIpc) is 2.26. The third kappa shape index (κ3) is 4.95. The van der Waals surface area contributed by atoms with Crippen LogP contribution in [0.1, 0.15) is 23.8 Å². The number of carbonyl (C=O) groups excluding carboxylic acids is 1. The largest absolute Gasteiger partial charge is 0.399 e. The van der Waals surface area contributed by atoms with Crippen LogP contribution in [0.25, 0.3) is 0 Å². The number of nitrogens with two attached hydrogens (primary N) is 1. The van der Waals surface area contributed by atoms with Crippen LogP contribution in [0, 0.1) is 0 Å². The van der Waals surface area contributed by atoms with E-state index in [-0.39, 0.29) is 11.9 Å². The summed E-state index contributed by atoms with van der Waals surface area (Å²) in [7, 11) is -0.836. The molecule has 5 nitrogen and oxygen atoms in total. The lowest BCUT2D eigenvalue weighted by Gasteiger charge is -2.12. The number of nitrogen functional groups attached to an aromatic ring is 1. The molecule has 1 heterocycles. The Morgan fingerprint density at radius 2 is 2.35 bits per heavy atom. The molecule has 0 saturated carbocycles. The van der Waals surface area contributed by atoms with Crippen molar-refractivity contribution in [3.05, 3.63) is 24.0 Å². The number of hydrogen-bond acceptors (Lipinski definition) is 4. The van der Waals surface area contributed by atoms with Gasteiger partial charge in [-0.1, -0.05) is 0 Å². The zero-order valence-corrected chi connectivity index (χ0v) is 10.8. The van der Waals surface area contributed by atoms with E-state index in [2.05, 4.69) is 10.3 Å². The second kappa shape index (κ2) is 6.34. The third-order valence-electron chi connectivity index (χ3n) is 2.23. The molecule has 0 aliphatic rings. The topological polar surface area (TPSA) is 85.1 Å². The number of hydrogen-bond donors (Lipinski definition) is 2. The van der Waals surface area contributed by atoms with Crippen molar-refractivity contribution in [1.29, 1.82) is 0 Å². The van der Waals surface area contributed by atoms with Gasteiger partial charge in [0.1, 0.15) is 5.69 Å². The molecule has 0 aliphatic heterocycles. The molecular formula is C11H17N3O2S. The molecule has 0 aliphatic carbocycles. The summed E-state index contributed by atoms with van der Waals surface area (Å²) in [5.41, 5.74) is 6.37. The summed E-state index contributed by atoms with van der Waals surface area (Å²) in [4.78, 5) is 15.7. The van der Waals surface area contributed by atoms with E-state index in [1.165, 1.54) is 12.3 Å². The third-order valence-corrected chi connectivity index (χ3v) is 3.04. The Balaban J connectivity index is 2.51. The molecule has 0 saturated heterocycles. The fourth-order valence-corrected chi connectivity index (χ4v) is 1.97. The van der Waals surface area contributed by atoms with Crippen LogP contribution in [-0.4, -0.2) is 33.2 Å². The van der Waals surface area contributed by atoms with Gasteiger partial charge in [0.25, 0.3) is 5.91 Å². The van der Waals surface area contributed by atoms with Gasteiger partial charge in [-0.05, 0) is 25.5 Å². The Morgan fingerprint density at radius 1 is 1.65 bits per heavy atom. The number of nitrogens with one attached hydrogen (secondary N) is 1. The van der Waals surface area contributed by atoms with Crippen LogP contribution < -0.4 is 11.1 Å². The van der Waals surface area contributed by atoms with E-state index < -0.39 is 10.8 Å². The maximum Gasteiger partial charge on any atom is 0.270 e. The quantitative estimate of drug-likeness (QED) is 0.804. The van der Waals surface area contributed by atoms with Crippen LogP contribution in [0.3, 0.4) is 0 Å². The highest BCUT2D eigenvalue weighted by Crippen LogP contribution is 2.03. The van der Waals surface area contributed by atoms with Crippen LogP contribution in [-0.2, 0) is 10.8 Å². The molecule has 94 valence electrons. The van der Waals surface area contributed by atoms with Gasteiger partial charge in [-0.15, -0.1) is 0 Å². The van der Waals surface area contributed by atoms with Gasteiger partial charge in [0, 0.05) is 40.7 Å². The molecule has 2 unspecified atom stereocenters. The summed E-state index contributed by atoms with van der Waals surface area (Å²) >= 11 is 0. The first-order chi connectivity index (χ1) is 7.99. The predicted octanol–water partition coefficient (Wildman–Crippen LogP) is 0.551. The fraction of sp³-hybridized carbons (Fsp3) is 0.455. The van der Waals surface area contributed by atoms with Crippen molar-refractivity contribution in [3.63, 3.8) is 0 Å². The molecule has 3 N–H and O–H groups in total. The summed E-state index contributed by atoms with van der Waals surface area (Å²) in [6.45, 7) is 1.87. The number of nitrogens with zero attached hydrogens (tertiary/aromatic N) is 1. The average molecular weight is 255 g/mol. The smallest absolute Gasteiger partial charge is 0.270 e. The minimum absolute atomic E-state index is 0.0327. The molecule has 0 fully saturated rings. The van der Waals surface area contributed by atoms with Gasteiger partial charge in [0.2, 0.25) is 0 Å². The first kappa shape index (κ1) is 13.6. The SMILES string of the molecule is CC(CCS(C)=O)NC(=O)c1cc(N)ccn1. The maximum absolute atomic E-state index is 11.7. The van der Waals surface area contributed by atoms with Gasteiger partial charge in [-0.25, -0.2) is 0 Å². The maximum atomic E-state index is 11.7. The number of rotatable bonds is 5. The molecule has 0 aromatic carbocycles. The molecule has 1 aromatic heterocycles. The van der Waals surface area contributed by atoms with Crippen LogP contribution in [0.2, 0.25) is 0 Å². The highest BCUT2D eigenvalue weighted by Gasteiger charge is 2.11. The summed E-state index contributed by atoms with van der Waals surface area (Å²) in [5.74, 6) is 0.318. The van der Waals surface area contributed by atoms with E-state index in [0.717, 1.165) is 0 Å². The minimum atomic E-state index is -0.836. The molecular weight excluding hydrogens is 238 g/mol. The summed E-state index contributed by atoms with van der Waals surface area (Å²) in [5, 5.41) is 2.79. The normalized spacial score (nSPS) is 14.0. The van der Waals surface area contributed by atoms with E-state index in [1.807, 2.05) is 6.92 Å². The molecule has 6 heteroatoms. The Bertz CT molecular complexity index is 423. The fourth-order valence-electron chi connectivity index (χ4n) is 1.28. The lowest BCUT2D eigenvalue weighted by molar-refractivity contribution is 0.0934. The Labute approximate surface area is 103 Å². The second-order valence-corrected chi connectivity index (χ2v) is 5.47. The van der Waals surface area contributed by atoms with E-state index in [4.69, 9.17) is 5.73 Å². The summed E-state index contributed by atoms with van der Waals surface area (Å²) in [6, 6.07) is 3.12. The van der Waals surface area contributed by atoms with E-state index >= 15 is 0 Å². The van der Waals surface area contributed by atoms with Gasteiger partial charge in [0.05, 0.1) is 0 Å².